The van der Waals surface area contributed by atoms with Crippen LogP contribution in [0.25, 0.3) is 5.69 Å². The molecule has 30 heavy (non-hydrogen) atoms. The maximum Gasteiger partial charge on any atom is 0.433 e. The molecular formula is C19H17F3N6O2. The number of halogens is 3. The number of likely N-dealkylation sites (tertiary alicyclic amines) is 1. The Kier molecular flexibility index (Phi) is 5.34. The van der Waals surface area contributed by atoms with Gasteiger partial charge in [0.05, 0.1) is 11.9 Å². The summed E-state index contributed by atoms with van der Waals surface area (Å²) in [4.78, 5) is 22.8. The van der Waals surface area contributed by atoms with Gasteiger partial charge in [0.25, 0.3) is 5.91 Å². The van der Waals surface area contributed by atoms with Crippen LogP contribution in [0.15, 0.2) is 48.8 Å². The molecule has 11 heteroatoms. The van der Waals surface area contributed by atoms with Gasteiger partial charge in [0.1, 0.15) is 6.10 Å². The molecule has 0 unspecified atom stereocenters. The number of aromatic nitrogens is 5. The van der Waals surface area contributed by atoms with E-state index in [0.717, 1.165) is 18.0 Å². The van der Waals surface area contributed by atoms with Crippen LogP contribution in [0.4, 0.5) is 13.2 Å². The topological polar surface area (TPSA) is 86.0 Å². The summed E-state index contributed by atoms with van der Waals surface area (Å²) in [5.74, 6) is -0.258. The summed E-state index contributed by atoms with van der Waals surface area (Å²) in [6.07, 6.45) is -1.63. The zero-order chi connectivity index (χ0) is 21.1. The molecule has 1 aliphatic rings. The Morgan fingerprint density at radius 2 is 1.83 bits per heavy atom. The Hall–Kier alpha value is -3.50. The van der Waals surface area contributed by atoms with Crippen molar-refractivity contribution in [2.24, 2.45) is 0 Å². The van der Waals surface area contributed by atoms with Gasteiger partial charge in [0, 0.05) is 32.1 Å². The monoisotopic (exact) mass is 418 g/mol. The van der Waals surface area contributed by atoms with Crippen LogP contribution in [0.3, 0.4) is 0 Å². The van der Waals surface area contributed by atoms with Crippen molar-refractivity contribution in [1.82, 2.24) is 29.9 Å². The van der Waals surface area contributed by atoms with E-state index in [0.29, 0.717) is 25.9 Å². The van der Waals surface area contributed by atoms with E-state index in [1.807, 2.05) is 30.3 Å². The highest BCUT2D eigenvalue weighted by molar-refractivity contribution is 5.92. The smallest absolute Gasteiger partial charge is 0.433 e. The number of alkyl halides is 3. The fourth-order valence-electron chi connectivity index (χ4n) is 3.09. The number of piperidine rings is 1. The Bertz CT molecular complexity index is 1020. The molecule has 1 amide bonds. The standard InChI is InChI=1S/C19H17F3N6O2/c20-19(21,22)16-6-9-23-18(25-16)30-14-7-10-27(11-8-14)17(29)15-12-24-28(26-15)13-4-2-1-3-5-13/h1-6,9,12,14H,7-8,10-11H2. The molecule has 0 bridgehead atoms. The van der Waals surface area contributed by atoms with Crippen LogP contribution in [-0.2, 0) is 6.18 Å². The molecule has 1 fully saturated rings. The van der Waals surface area contributed by atoms with Gasteiger partial charge in [-0.05, 0) is 18.2 Å². The first-order valence-corrected chi connectivity index (χ1v) is 9.24. The third kappa shape index (κ3) is 4.39. The summed E-state index contributed by atoms with van der Waals surface area (Å²) in [7, 11) is 0. The minimum atomic E-state index is -4.56. The summed E-state index contributed by atoms with van der Waals surface area (Å²) in [5, 5.41) is 8.36. The molecule has 0 aliphatic carbocycles. The highest BCUT2D eigenvalue weighted by atomic mass is 19.4. The Morgan fingerprint density at radius 3 is 2.53 bits per heavy atom. The molecule has 1 saturated heterocycles. The predicted octanol–water partition coefficient (Wildman–Crippen LogP) is 2.76. The molecule has 2 aromatic heterocycles. The van der Waals surface area contributed by atoms with Gasteiger partial charge >= 0.3 is 12.2 Å². The van der Waals surface area contributed by atoms with Crippen molar-refractivity contribution < 1.29 is 22.7 Å². The average Bonchev–Trinajstić information content (AvgIpc) is 3.24. The van der Waals surface area contributed by atoms with Gasteiger partial charge in [-0.1, -0.05) is 18.2 Å². The molecule has 0 radical (unpaired) electrons. The summed E-state index contributed by atoms with van der Waals surface area (Å²) in [6.45, 7) is 0.751. The van der Waals surface area contributed by atoms with E-state index in [2.05, 4.69) is 20.2 Å². The highest BCUT2D eigenvalue weighted by Crippen LogP contribution is 2.28. The number of hydrogen-bond acceptors (Lipinski definition) is 6. The fourth-order valence-corrected chi connectivity index (χ4v) is 3.09. The van der Waals surface area contributed by atoms with Crippen LogP contribution in [0.2, 0.25) is 0 Å². The van der Waals surface area contributed by atoms with Crippen molar-refractivity contribution in [3.05, 3.63) is 60.2 Å². The lowest BCUT2D eigenvalue weighted by atomic mass is 10.1. The van der Waals surface area contributed by atoms with Crippen LogP contribution in [-0.4, -0.2) is 55.0 Å². The lowest BCUT2D eigenvalue weighted by Gasteiger charge is -2.31. The number of nitrogens with zero attached hydrogens (tertiary/aromatic N) is 6. The van der Waals surface area contributed by atoms with Crippen LogP contribution < -0.4 is 4.74 Å². The SMILES string of the molecule is O=C(c1cnn(-c2ccccc2)n1)N1CCC(Oc2nccc(C(F)(F)F)n2)CC1. The summed E-state index contributed by atoms with van der Waals surface area (Å²) >= 11 is 0. The van der Waals surface area contributed by atoms with Crippen LogP contribution in [0.5, 0.6) is 6.01 Å². The first kappa shape index (κ1) is 19.8. The van der Waals surface area contributed by atoms with E-state index in [1.54, 1.807) is 4.90 Å². The second-order valence-electron chi connectivity index (χ2n) is 6.69. The number of hydrogen-bond donors (Lipinski definition) is 0. The molecule has 0 spiro atoms. The third-order valence-corrected chi connectivity index (χ3v) is 4.62. The second-order valence-corrected chi connectivity index (χ2v) is 6.69. The number of amides is 1. The number of carbonyl (C=O) groups is 1. The molecule has 0 atom stereocenters. The van der Waals surface area contributed by atoms with Crippen molar-refractivity contribution in [3.63, 3.8) is 0 Å². The Labute approximate surface area is 169 Å². The van der Waals surface area contributed by atoms with Crippen molar-refractivity contribution in [2.75, 3.05) is 13.1 Å². The lowest BCUT2D eigenvalue weighted by Crippen LogP contribution is -2.42. The zero-order valence-electron chi connectivity index (χ0n) is 15.7. The van der Waals surface area contributed by atoms with E-state index < -0.39 is 11.9 Å². The largest absolute Gasteiger partial charge is 0.460 e. The molecule has 4 rings (SSSR count). The minimum absolute atomic E-state index is 0.222. The maximum atomic E-state index is 12.8. The normalized spacial score (nSPS) is 15.2. The van der Waals surface area contributed by atoms with Gasteiger partial charge in [-0.15, -0.1) is 5.10 Å². The summed E-state index contributed by atoms with van der Waals surface area (Å²) < 4.78 is 43.8. The summed E-state index contributed by atoms with van der Waals surface area (Å²) in [6, 6.07) is 9.69. The Balaban J connectivity index is 1.35. The molecule has 0 N–H and O–H groups in total. The molecule has 3 aromatic rings. The number of para-hydroxylation sites is 1. The maximum absolute atomic E-state index is 12.8. The minimum Gasteiger partial charge on any atom is -0.460 e. The first-order chi connectivity index (χ1) is 14.4. The number of benzene rings is 1. The molecular weight excluding hydrogens is 401 g/mol. The molecule has 3 heterocycles. The van der Waals surface area contributed by atoms with Gasteiger partial charge in [-0.25, -0.2) is 4.98 Å². The molecule has 1 aliphatic heterocycles. The number of carbonyl (C=O) groups excluding carboxylic acids is 1. The third-order valence-electron chi connectivity index (χ3n) is 4.62. The predicted molar refractivity (Wildman–Crippen MR) is 97.9 cm³/mol. The molecule has 156 valence electrons. The zero-order valence-corrected chi connectivity index (χ0v) is 15.7. The van der Waals surface area contributed by atoms with Crippen molar-refractivity contribution >= 4 is 5.91 Å². The van der Waals surface area contributed by atoms with Crippen molar-refractivity contribution in [2.45, 2.75) is 25.1 Å². The molecule has 1 aromatic carbocycles. The summed E-state index contributed by atoms with van der Waals surface area (Å²) in [5.41, 5.74) is -0.0919. The molecule has 8 nitrogen and oxygen atoms in total. The lowest BCUT2D eigenvalue weighted by molar-refractivity contribution is -0.141. The van der Waals surface area contributed by atoms with Crippen molar-refractivity contribution in [1.29, 1.82) is 0 Å². The van der Waals surface area contributed by atoms with Gasteiger partial charge in [0.2, 0.25) is 0 Å². The van der Waals surface area contributed by atoms with Crippen LogP contribution in [0.1, 0.15) is 29.0 Å². The van der Waals surface area contributed by atoms with Gasteiger partial charge in [-0.3, -0.25) is 4.79 Å². The van der Waals surface area contributed by atoms with Gasteiger partial charge in [0.15, 0.2) is 11.4 Å². The first-order valence-electron chi connectivity index (χ1n) is 9.24. The fraction of sp³-hybridized carbons (Fsp3) is 0.316. The van der Waals surface area contributed by atoms with E-state index >= 15 is 0 Å². The van der Waals surface area contributed by atoms with Crippen LogP contribution in [0, 0.1) is 0 Å². The number of ether oxygens (including phenoxy) is 1. The second kappa shape index (κ2) is 8.09. The van der Waals surface area contributed by atoms with Crippen molar-refractivity contribution in [3.8, 4) is 11.7 Å². The van der Waals surface area contributed by atoms with E-state index in [9.17, 15) is 18.0 Å². The average molecular weight is 418 g/mol. The van der Waals surface area contributed by atoms with Crippen LogP contribution >= 0.6 is 0 Å². The Morgan fingerprint density at radius 1 is 1.10 bits per heavy atom. The quantitative estimate of drug-likeness (QED) is 0.648. The van der Waals surface area contributed by atoms with Gasteiger partial charge in [-0.2, -0.15) is 28.1 Å². The highest BCUT2D eigenvalue weighted by Gasteiger charge is 2.33. The van der Waals surface area contributed by atoms with E-state index in [-0.39, 0.29) is 23.7 Å². The molecule has 0 saturated carbocycles. The number of rotatable bonds is 4. The van der Waals surface area contributed by atoms with E-state index in [4.69, 9.17) is 4.74 Å². The van der Waals surface area contributed by atoms with Gasteiger partial charge < -0.3 is 9.64 Å². The van der Waals surface area contributed by atoms with E-state index in [1.165, 1.54) is 11.0 Å².